The molecule has 0 aliphatic carbocycles. The molecule has 0 bridgehead atoms. The Labute approximate surface area is 162 Å². The number of nitrogens with zero attached hydrogens (tertiary/aromatic N) is 1. The van der Waals surface area contributed by atoms with Crippen molar-refractivity contribution in [2.45, 2.75) is 6.42 Å². The Morgan fingerprint density at radius 1 is 1.00 bits per heavy atom. The molecule has 0 aliphatic rings. The van der Waals surface area contributed by atoms with Crippen LogP contribution in [0.3, 0.4) is 0 Å². The van der Waals surface area contributed by atoms with Gasteiger partial charge in [-0.2, -0.15) is 0 Å². The lowest BCUT2D eigenvalue weighted by atomic mass is 10.0. The molecule has 6 heteroatoms. The maximum atomic E-state index is 12.1. The molecule has 0 saturated carbocycles. The van der Waals surface area contributed by atoms with Crippen molar-refractivity contribution >= 4 is 34.9 Å². The Bertz CT molecular complexity index is 927. The molecule has 0 fully saturated rings. The van der Waals surface area contributed by atoms with Crippen molar-refractivity contribution in [3.05, 3.63) is 82.0 Å². The number of amides is 1. The fourth-order valence-corrected chi connectivity index (χ4v) is 2.86. The van der Waals surface area contributed by atoms with E-state index in [1.807, 2.05) is 36.4 Å². The second-order valence-electron chi connectivity index (χ2n) is 5.77. The first-order valence-corrected chi connectivity index (χ1v) is 8.83. The van der Waals surface area contributed by atoms with Gasteiger partial charge in [0.05, 0.1) is 15.6 Å². The fraction of sp³-hybridized carbons (Fsp3) is 0.100. The van der Waals surface area contributed by atoms with Crippen LogP contribution in [0, 0.1) is 0 Å². The molecule has 1 aromatic heterocycles. The number of hydrogen-bond donors (Lipinski definition) is 2. The number of nitrogen functional groups attached to an aromatic ring is 1. The molecule has 132 valence electrons. The second-order valence-corrected chi connectivity index (χ2v) is 6.58. The van der Waals surface area contributed by atoms with E-state index in [9.17, 15) is 4.79 Å². The summed E-state index contributed by atoms with van der Waals surface area (Å²) in [5.74, 6) is 0.0130. The Hall–Kier alpha value is -2.56. The molecule has 3 rings (SSSR count). The van der Waals surface area contributed by atoms with Gasteiger partial charge in [0.1, 0.15) is 5.82 Å². The summed E-state index contributed by atoms with van der Waals surface area (Å²) in [6, 6.07) is 17.0. The van der Waals surface area contributed by atoms with Gasteiger partial charge in [0.2, 0.25) is 0 Å². The molecule has 3 N–H and O–H groups in total. The summed E-state index contributed by atoms with van der Waals surface area (Å²) >= 11 is 12.0. The van der Waals surface area contributed by atoms with Gasteiger partial charge in [-0.25, -0.2) is 4.98 Å². The largest absolute Gasteiger partial charge is 0.383 e. The molecular weight excluding hydrogens is 369 g/mol. The molecule has 0 radical (unpaired) electrons. The van der Waals surface area contributed by atoms with E-state index in [2.05, 4.69) is 10.3 Å². The van der Waals surface area contributed by atoms with Crippen molar-refractivity contribution < 1.29 is 4.79 Å². The first-order chi connectivity index (χ1) is 12.5. The highest BCUT2D eigenvalue weighted by atomic mass is 35.5. The van der Waals surface area contributed by atoms with Gasteiger partial charge in [-0.3, -0.25) is 4.79 Å². The predicted molar refractivity (Wildman–Crippen MR) is 107 cm³/mol. The Kier molecular flexibility index (Phi) is 5.76. The number of aromatic nitrogens is 1. The summed E-state index contributed by atoms with van der Waals surface area (Å²) in [6.45, 7) is 0.513. The molecule has 1 heterocycles. The third-order valence-electron chi connectivity index (χ3n) is 3.99. The number of rotatable bonds is 5. The van der Waals surface area contributed by atoms with Gasteiger partial charge in [0, 0.05) is 12.7 Å². The first kappa shape index (κ1) is 18.2. The number of anilines is 1. The van der Waals surface area contributed by atoms with E-state index >= 15 is 0 Å². The van der Waals surface area contributed by atoms with Crippen LogP contribution in [-0.2, 0) is 6.42 Å². The second kappa shape index (κ2) is 8.21. The molecule has 4 nitrogen and oxygen atoms in total. The Morgan fingerprint density at radius 2 is 1.73 bits per heavy atom. The Morgan fingerprint density at radius 3 is 2.42 bits per heavy atom. The lowest BCUT2D eigenvalue weighted by Crippen LogP contribution is -2.26. The van der Waals surface area contributed by atoms with E-state index in [1.165, 1.54) is 0 Å². The average Bonchev–Trinajstić information content (AvgIpc) is 2.65. The summed E-state index contributed by atoms with van der Waals surface area (Å²) in [6.07, 6.45) is 2.27. The maximum absolute atomic E-state index is 12.1. The molecule has 0 atom stereocenters. The highest BCUT2D eigenvalue weighted by molar-refractivity contribution is 6.42. The summed E-state index contributed by atoms with van der Waals surface area (Å²) in [4.78, 5) is 16.0. The number of carbonyl (C=O) groups is 1. The van der Waals surface area contributed by atoms with E-state index in [0.29, 0.717) is 28.6 Å². The van der Waals surface area contributed by atoms with Gasteiger partial charge in [-0.15, -0.1) is 0 Å². The number of benzene rings is 2. The topological polar surface area (TPSA) is 68.0 Å². The van der Waals surface area contributed by atoms with E-state index in [1.54, 1.807) is 24.4 Å². The number of nitrogens with one attached hydrogen (secondary N) is 1. The monoisotopic (exact) mass is 385 g/mol. The molecule has 0 saturated heterocycles. The van der Waals surface area contributed by atoms with E-state index in [4.69, 9.17) is 28.9 Å². The minimum Gasteiger partial charge on any atom is -0.383 e. The van der Waals surface area contributed by atoms with Gasteiger partial charge in [0.25, 0.3) is 5.91 Å². The van der Waals surface area contributed by atoms with E-state index in [0.717, 1.165) is 16.7 Å². The van der Waals surface area contributed by atoms with Gasteiger partial charge >= 0.3 is 0 Å². The summed E-state index contributed by atoms with van der Waals surface area (Å²) in [5.41, 5.74) is 9.28. The lowest BCUT2D eigenvalue weighted by Gasteiger charge is -2.08. The van der Waals surface area contributed by atoms with Crippen LogP contribution in [0.15, 0.2) is 60.8 Å². The zero-order chi connectivity index (χ0) is 18.5. The number of hydrogen-bond acceptors (Lipinski definition) is 3. The van der Waals surface area contributed by atoms with Crippen LogP contribution in [0.1, 0.15) is 15.9 Å². The van der Waals surface area contributed by atoms with Crippen molar-refractivity contribution in [1.82, 2.24) is 10.3 Å². The minimum atomic E-state index is -0.219. The molecular formula is C20H17Cl2N3O. The van der Waals surface area contributed by atoms with Crippen LogP contribution in [-0.4, -0.2) is 17.4 Å². The first-order valence-electron chi connectivity index (χ1n) is 8.07. The quantitative estimate of drug-likeness (QED) is 0.673. The molecule has 0 aliphatic heterocycles. The Balaban J connectivity index is 1.59. The van der Waals surface area contributed by atoms with Crippen LogP contribution in [0.2, 0.25) is 10.0 Å². The lowest BCUT2D eigenvalue weighted by molar-refractivity contribution is 0.0955. The average molecular weight is 386 g/mol. The number of pyridine rings is 1. The smallest absolute Gasteiger partial charge is 0.255 e. The highest BCUT2D eigenvalue weighted by Crippen LogP contribution is 2.28. The van der Waals surface area contributed by atoms with Gasteiger partial charge in [0.15, 0.2) is 0 Å². The zero-order valence-corrected chi connectivity index (χ0v) is 15.4. The summed E-state index contributed by atoms with van der Waals surface area (Å²) in [5, 5.41) is 3.93. The molecule has 0 spiro atoms. The standard InChI is InChI=1S/C20H17Cl2N3O/c21-17-8-7-15(12-18(17)22)14-5-3-13(4-6-14)9-11-25-20(26)16-2-1-10-24-19(16)23/h1-8,10,12H,9,11H2,(H2,23,24)(H,25,26). The molecule has 2 aromatic carbocycles. The highest BCUT2D eigenvalue weighted by Gasteiger charge is 2.09. The number of halogens is 2. The van der Waals surface area contributed by atoms with Crippen LogP contribution < -0.4 is 11.1 Å². The van der Waals surface area contributed by atoms with Crippen molar-refractivity contribution in [2.24, 2.45) is 0 Å². The van der Waals surface area contributed by atoms with E-state index < -0.39 is 0 Å². The molecule has 3 aromatic rings. The van der Waals surface area contributed by atoms with Crippen LogP contribution in [0.25, 0.3) is 11.1 Å². The van der Waals surface area contributed by atoms with Crippen LogP contribution >= 0.6 is 23.2 Å². The maximum Gasteiger partial charge on any atom is 0.255 e. The minimum absolute atomic E-state index is 0.219. The van der Waals surface area contributed by atoms with Crippen molar-refractivity contribution in [1.29, 1.82) is 0 Å². The van der Waals surface area contributed by atoms with Crippen molar-refractivity contribution in [3.8, 4) is 11.1 Å². The SMILES string of the molecule is Nc1ncccc1C(=O)NCCc1ccc(-c2ccc(Cl)c(Cl)c2)cc1. The van der Waals surface area contributed by atoms with Gasteiger partial charge < -0.3 is 11.1 Å². The predicted octanol–water partition coefficient (Wildman–Crippen LogP) is 4.61. The molecule has 26 heavy (non-hydrogen) atoms. The van der Waals surface area contributed by atoms with E-state index in [-0.39, 0.29) is 11.7 Å². The number of carbonyl (C=O) groups excluding carboxylic acids is 1. The van der Waals surface area contributed by atoms with Gasteiger partial charge in [-0.05, 0) is 47.4 Å². The normalized spacial score (nSPS) is 10.5. The zero-order valence-electron chi connectivity index (χ0n) is 13.9. The number of nitrogens with two attached hydrogens (primary N) is 1. The van der Waals surface area contributed by atoms with Crippen LogP contribution in [0.5, 0.6) is 0 Å². The fourth-order valence-electron chi connectivity index (χ4n) is 2.56. The molecule has 0 unspecified atom stereocenters. The van der Waals surface area contributed by atoms with Gasteiger partial charge in [-0.1, -0.05) is 53.5 Å². The summed E-state index contributed by atoms with van der Waals surface area (Å²) < 4.78 is 0. The van der Waals surface area contributed by atoms with Crippen molar-refractivity contribution in [3.63, 3.8) is 0 Å². The third-order valence-corrected chi connectivity index (χ3v) is 4.73. The summed E-state index contributed by atoms with van der Waals surface area (Å²) in [7, 11) is 0. The third kappa shape index (κ3) is 4.34. The molecule has 1 amide bonds. The van der Waals surface area contributed by atoms with Crippen LogP contribution in [0.4, 0.5) is 5.82 Å². The van der Waals surface area contributed by atoms with Crippen molar-refractivity contribution in [2.75, 3.05) is 12.3 Å².